The number of carbonyl (C=O) groups excluding carboxylic acids is 1. The average molecular weight is 636 g/mol. The van der Waals surface area contributed by atoms with Crippen LogP contribution in [0.1, 0.15) is 36.8 Å². The lowest BCUT2D eigenvalue weighted by Gasteiger charge is -2.45. The summed E-state index contributed by atoms with van der Waals surface area (Å²) in [5.41, 5.74) is 2.61. The minimum absolute atomic E-state index is 0.0602. The van der Waals surface area contributed by atoms with E-state index in [1.807, 2.05) is 12.1 Å². The molecule has 13 heteroatoms. The van der Waals surface area contributed by atoms with Crippen molar-refractivity contribution >= 4 is 17.7 Å². The Labute approximate surface area is 257 Å². The summed E-state index contributed by atoms with van der Waals surface area (Å²) in [5, 5.41) is 12.8. The van der Waals surface area contributed by atoms with E-state index in [4.69, 9.17) is 19.4 Å². The number of carbonyl (C=O) groups is 2. The summed E-state index contributed by atoms with van der Waals surface area (Å²) in [6, 6.07) is 19.7. The monoisotopic (exact) mass is 635 g/mol. The fraction of sp³-hybridized carbons (Fsp3) is 0.375. The summed E-state index contributed by atoms with van der Waals surface area (Å²) < 4.78 is 69.7. The number of alkyl halides is 3. The molecule has 1 aliphatic heterocycles. The number of ether oxygens (including phenoxy) is 2. The number of nitrogens with zero attached hydrogens (tertiary/aromatic N) is 1. The molecule has 0 bridgehead atoms. The van der Waals surface area contributed by atoms with Crippen LogP contribution in [-0.4, -0.2) is 61.0 Å². The molecule has 0 radical (unpaired) electrons. The average Bonchev–Trinajstić information content (AvgIpc) is 3.37. The van der Waals surface area contributed by atoms with E-state index in [9.17, 15) is 26.7 Å². The van der Waals surface area contributed by atoms with Gasteiger partial charge in [-0.1, -0.05) is 36.4 Å². The van der Waals surface area contributed by atoms with Gasteiger partial charge in [-0.3, -0.25) is 4.90 Å². The Morgan fingerprint density at radius 3 is 2.27 bits per heavy atom. The highest BCUT2D eigenvalue weighted by molar-refractivity contribution is 5.89. The highest BCUT2D eigenvalue weighted by Crippen LogP contribution is 2.50. The van der Waals surface area contributed by atoms with E-state index in [1.165, 1.54) is 17.2 Å². The second kappa shape index (κ2) is 14.1. The van der Waals surface area contributed by atoms with Crippen molar-refractivity contribution < 1.29 is 46.1 Å². The number of benzene rings is 3. The zero-order valence-corrected chi connectivity index (χ0v) is 24.7. The molecule has 2 fully saturated rings. The smallest absolute Gasteiger partial charge is 0.490 e. The molecule has 3 unspecified atom stereocenters. The summed E-state index contributed by atoms with van der Waals surface area (Å²) in [6.45, 7) is 1.77. The number of urea groups is 1. The van der Waals surface area contributed by atoms with Gasteiger partial charge in [0.05, 0.1) is 14.2 Å². The van der Waals surface area contributed by atoms with Crippen molar-refractivity contribution in [1.29, 1.82) is 0 Å². The van der Waals surface area contributed by atoms with Gasteiger partial charge in [0.25, 0.3) is 0 Å². The van der Waals surface area contributed by atoms with Gasteiger partial charge in [-0.05, 0) is 67.6 Å². The standard InChI is InChI=1S/C30H33F2N3O3.C2HF3O2/c1-37-26-11-8-21(16-27(26)38-2)30-13-12-23(34-29(36)33-22-9-10-24(31)25(32)17-22)18-28(30)35(15-14-30)19-20-6-4-3-5-7-20;3-2(4,5)1(6)7/h3-11,16-17,23,28H,12-15,18-19H2,1-2H3,(H2,33,34,36);(H,6,7). The molecule has 1 heterocycles. The van der Waals surface area contributed by atoms with Crippen molar-refractivity contribution in [2.24, 2.45) is 0 Å². The van der Waals surface area contributed by atoms with Crippen molar-refractivity contribution in [1.82, 2.24) is 10.2 Å². The molecule has 8 nitrogen and oxygen atoms in total. The highest BCUT2D eigenvalue weighted by Gasteiger charge is 2.51. The Morgan fingerprint density at radius 1 is 0.956 bits per heavy atom. The zero-order valence-electron chi connectivity index (χ0n) is 24.7. The Hall–Kier alpha value is -4.39. The van der Waals surface area contributed by atoms with Crippen LogP contribution >= 0.6 is 0 Å². The fourth-order valence-corrected chi connectivity index (χ4v) is 6.19. The predicted molar refractivity (Wildman–Crippen MR) is 156 cm³/mol. The zero-order chi connectivity index (χ0) is 32.8. The number of fused-ring (bicyclic) bond motifs is 1. The molecule has 1 aliphatic carbocycles. The van der Waals surface area contributed by atoms with Gasteiger partial charge < -0.3 is 25.2 Å². The van der Waals surface area contributed by atoms with Gasteiger partial charge >= 0.3 is 18.2 Å². The lowest BCUT2D eigenvalue weighted by molar-refractivity contribution is -0.192. The molecular formula is C32H34F5N3O5. The first-order chi connectivity index (χ1) is 21.4. The first-order valence-electron chi connectivity index (χ1n) is 14.2. The first kappa shape index (κ1) is 33.5. The number of halogens is 5. The van der Waals surface area contributed by atoms with Crippen LogP contribution in [0.4, 0.5) is 32.4 Å². The summed E-state index contributed by atoms with van der Waals surface area (Å²) >= 11 is 0. The van der Waals surface area contributed by atoms with E-state index < -0.39 is 29.8 Å². The van der Waals surface area contributed by atoms with Crippen LogP contribution < -0.4 is 20.1 Å². The number of aliphatic carboxylic acids is 1. The summed E-state index contributed by atoms with van der Waals surface area (Å²) in [6.07, 6.45) is -1.61. The maximum atomic E-state index is 13.6. The Kier molecular flexibility index (Phi) is 10.5. The van der Waals surface area contributed by atoms with Crippen LogP contribution in [0.15, 0.2) is 66.7 Å². The number of hydrogen-bond acceptors (Lipinski definition) is 5. The van der Waals surface area contributed by atoms with Gasteiger partial charge in [-0.2, -0.15) is 13.2 Å². The van der Waals surface area contributed by atoms with Gasteiger partial charge in [-0.15, -0.1) is 0 Å². The molecule has 3 aromatic carbocycles. The number of methoxy groups -OCH3 is 2. The van der Waals surface area contributed by atoms with Crippen molar-refractivity contribution in [3.05, 3.63) is 89.5 Å². The second-order valence-corrected chi connectivity index (χ2v) is 10.9. The van der Waals surface area contributed by atoms with Crippen LogP contribution in [0.3, 0.4) is 0 Å². The number of amides is 2. The molecular weight excluding hydrogens is 601 g/mol. The number of anilines is 1. The third-order valence-electron chi connectivity index (χ3n) is 8.31. The van der Waals surface area contributed by atoms with E-state index in [0.717, 1.165) is 50.9 Å². The van der Waals surface area contributed by atoms with E-state index in [2.05, 4.69) is 51.9 Å². The molecule has 3 atom stereocenters. The lowest BCUT2D eigenvalue weighted by Crippen LogP contribution is -2.52. The molecule has 2 amide bonds. The third kappa shape index (κ3) is 8.01. The van der Waals surface area contributed by atoms with E-state index in [-0.39, 0.29) is 23.2 Å². The molecule has 45 heavy (non-hydrogen) atoms. The Bertz CT molecular complexity index is 1490. The molecule has 0 spiro atoms. The number of rotatable bonds is 7. The quantitative estimate of drug-likeness (QED) is 0.257. The maximum absolute atomic E-state index is 13.6. The van der Waals surface area contributed by atoms with Gasteiger partial charge in [-0.25, -0.2) is 18.4 Å². The summed E-state index contributed by atoms with van der Waals surface area (Å²) in [7, 11) is 3.29. The number of likely N-dealkylation sites (tertiary alicyclic amines) is 1. The summed E-state index contributed by atoms with van der Waals surface area (Å²) in [4.78, 5) is 24.2. The molecule has 0 aromatic heterocycles. The second-order valence-electron chi connectivity index (χ2n) is 10.9. The van der Waals surface area contributed by atoms with Crippen molar-refractivity contribution in [2.75, 3.05) is 26.1 Å². The van der Waals surface area contributed by atoms with Gasteiger partial charge in [0.1, 0.15) is 0 Å². The van der Waals surface area contributed by atoms with Crippen molar-refractivity contribution in [3.63, 3.8) is 0 Å². The minimum Gasteiger partial charge on any atom is -0.493 e. The topological polar surface area (TPSA) is 100 Å². The maximum Gasteiger partial charge on any atom is 0.490 e. The largest absolute Gasteiger partial charge is 0.493 e. The van der Waals surface area contributed by atoms with Crippen LogP contribution in [0.2, 0.25) is 0 Å². The normalized spacial score (nSPS) is 21.1. The van der Waals surface area contributed by atoms with Crippen LogP contribution in [0.25, 0.3) is 0 Å². The molecule has 1 saturated heterocycles. The van der Waals surface area contributed by atoms with E-state index in [1.54, 1.807) is 14.2 Å². The molecule has 3 aromatic rings. The molecule has 5 rings (SSSR count). The lowest BCUT2D eigenvalue weighted by atomic mass is 9.65. The van der Waals surface area contributed by atoms with Crippen LogP contribution in [0, 0.1) is 11.6 Å². The molecule has 3 N–H and O–H groups in total. The van der Waals surface area contributed by atoms with Gasteiger partial charge in [0, 0.05) is 35.8 Å². The fourth-order valence-electron chi connectivity index (χ4n) is 6.19. The number of carboxylic acid groups (broad SMARTS) is 1. The SMILES string of the molecule is COc1ccc(C23CCC(NC(=O)Nc4ccc(F)c(F)c4)CC2N(Cc2ccccc2)CC3)cc1OC.O=C(O)C(F)(F)F. The number of nitrogens with one attached hydrogen (secondary N) is 2. The van der Waals surface area contributed by atoms with E-state index in [0.29, 0.717) is 11.5 Å². The van der Waals surface area contributed by atoms with E-state index >= 15 is 0 Å². The predicted octanol–water partition coefficient (Wildman–Crippen LogP) is 6.50. The first-order valence-corrected chi connectivity index (χ1v) is 14.2. The van der Waals surface area contributed by atoms with Gasteiger partial charge in [0.15, 0.2) is 23.1 Å². The van der Waals surface area contributed by atoms with Crippen LogP contribution in [-0.2, 0) is 16.8 Å². The van der Waals surface area contributed by atoms with Crippen molar-refractivity contribution in [2.45, 2.75) is 55.9 Å². The number of hydrogen-bond donors (Lipinski definition) is 3. The van der Waals surface area contributed by atoms with Crippen molar-refractivity contribution in [3.8, 4) is 11.5 Å². The highest BCUT2D eigenvalue weighted by atomic mass is 19.4. The molecule has 2 aliphatic rings. The summed E-state index contributed by atoms with van der Waals surface area (Å²) in [5.74, 6) is -3.29. The Balaban J connectivity index is 0.000000591. The molecule has 242 valence electrons. The van der Waals surface area contributed by atoms with Gasteiger partial charge in [0.2, 0.25) is 0 Å². The van der Waals surface area contributed by atoms with Crippen LogP contribution in [0.5, 0.6) is 11.5 Å². The number of carboxylic acids is 1. The molecule has 1 saturated carbocycles. The third-order valence-corrected chi connectivity index (χ3v) is 8.31. The minimum atomic E-state index is -5.08. The Morgan fingerprint density at radius 2 is 1.64 bits per heavy atom.